The molecule has 0 unspecified atom stereocenters. The van der Waals surface area contributed by atoms with Crippen LogP contribution in [0.5, 0.6) is 5.75 Å². The zero-order chi connectivity index (χ0) is 34.4. The molecule has 0 radical (unpaired) electrons. The Morgan fingerprint density at radius 3 is 2.38 bits per heavy atom. The number of nitrogens with zero attached hydrogens (tertiary/aromatic N) is 7. The van der Waals surface area contributed by atoms with Crippen LogP contribution < -0.4 is 25.6 Å². The van der Waals surface area contributed by atoms with Gasteiger partial charge < -0.3 is 29.7 Å². The maximum Gasteiger partial charge on any atom is 0.418 e. The second-order valence-corrected chi connectivity index (χ2v) is 16.7. The molecule has 2 aliphatic rings. The fourth-order valence-corrected chi connectivity index (χ4v) is 8.02. The van der Waals surface area contributed by atoms with E-state index in [0.717, 1.165) is 32.0 Å². The molecule has 4 aromatic rings. The van der Waals surface area contributed by atoms with Gasteiger partial charge >= 0.3 is 6.18 Å². The van der Waals surface area contributed by atoms with Crippen molar-refractivity contribution in [2.75, 3.05) is 76.2 Å². The Hall–Kier alpha value is -3.52. The Balaban J connectivity index is 1.26. The molecule has 48 heavy (non-hydrogen) atoms. The summed E-state index contributed by atoms with van der Waals surface area (Å²) in [4.78, 5) is 24.0. The highest BCUT2D eigenvalue weighted by Crippen LogP contribution is 2.45. The summed E-state index contributed by atoms with van der Waals surface area (Å²) >= 11 is 3.45. The third kappa shape index (κ3) is 7.10. The smallest absolute Gasteiger partial charge is 0.418 e. The first kappa shape index (κ1) is 34.3. The molecule has 11 nitrogen and oxygen atoms in total. The minimum Gasteiger partial charge on any atom is -0.494 e. The molecule has 0 amide bonds. The number of likely N-dealkylation sites (tertiary alicyclic amines) is 1. The number of piperidine rings is 1. The van der Waals surface area contributed by atoms with Crippen LogP contribution in [0.1, 0.15) is 18.4 Å². The summed E-state index contributed by atoms with van der Waals surface area (Å²) in [5.41, 5.74) is 1.01. The third-order valence-corrected chi connectivity index (χ3v) is 11.1. The Bertz CT molecular complexity index is 1860. The predicted octanol–water partition coefficient (Wildman–Crippen LogP) is 6.16. The molecule has 0 atom stereocenters. The second-order valence-electron chi connectivity index (χ2n) is 12.7. The Morgan fingerprint density at radius 2 is 1.73 bits per heavy atom. The van der Waals surface area contributed by atoms with Gasteiger partial charge in [-0.15, -0.1) is 0 Å². The van der Waals surface area contributed by atoms with Crippen molar-refractivity contribution in [2.24, 2.45) is 0 Å². The molecule has 0 aliphatic carbocycles. The minimum atomic E-state index is -4.61. The predicted molar refractivity (Wildman–Crippen MR) is 187 cm³/mol. The van der Waals surface area contributed by atoms with Crippen LogP contribution in [0.3, 0.4) is 0 Å². The van der Waals surface area contributed by atoms with E-state index >= 15 is 0 Å². The number of fused-ring (bicyclic) bond motifs is 1. The Labute approximate surface area is 285 Å². The molecule has 6 rings (SSSR count). The molecule has 0 spiro atoms. The molecular weight excluding hydrogens is 710 g/mol. The van der Waals surface area contributed by atoms with Crippen molar-refractivity contribution >= 4 is 68.2 Å². The molecule has 2 aliphatic heterocycles. The van der Waals surface area contributed by atoms with Crippen LogP contribution in [0.15, 0.2) is 47.3 Å². The van der Waals surface area contributed by atoms with Crippen molar-refractivity contribution in [3.05, 3.63) is 52.9 Å². The average molecular weight is 749 g/mol. The number of benzene rings is 2. The monoisotopic (exact) mass is 747 g/mol. The van der Waals surface area contributed by atoms with Crippen molar-refractivity contribution in [3.63, 3.8) is 0 Å². The quantitative estimate of drug-likeness (QED) is 0.192. The molecule has 2 aromatic heterocycles. The number of nitrogens with one attached hydrogen (secondary N) is 2. The molecule has 0 saturated carbocycles. The van der Waals surface area contributed by atoms with E-state index in [9.17, 15) is 17.7 Å². The van der Waals surface area contributed by atoms with Gasteiger partial charge in [-0.25, -0.2) is 4.98 Å². The molecule has 4 heterocycles. The van der Waals surface area contributed by atoms with Crippen LogP contribution in [0, 0.1) is 0 Å². The highest BCUT2D eigenvalue weighted by molar-refractivity contribution is 9.10. The number of anilines is 5. The third-order valence-electron chi connectivity index (χ3n) is 8.96. The van der Waals surface area contributed by atoms with E-state index < -0.39 is 18.9 Å². The van der Waals surface area contributed by atoms with Crippen molar-refractivity contribution in [2.45, 2.75) is 31.1 Å². The largest absolute Gasteiger partial charge is 0.494 e. The van der Waals surface area contributed by atoms with Gasteiger partial charge in [-0.3, -0.25) is 14.9 Å². The topological polar surface area (TPSA) is 112 Å². The zero-order valence-corrected chi connectivity index (χ0v) is 29.8. The summed E-state index contributed by atoms with van der Waals surface area (Å²) in [7, 11) is 2.71. The Kier molecular flexibility index (Phi) is 9.60. The average Bonchev–Trinajstić information content (AvgIpc) is 3.00. The van der Waals surface area contributed by atoms with E-state index in [-0.39, 0.29) is 23.1 Å². The molecule has 16 heteroatoms. The van der Waals surface area contributed by atoms with Crippen LogP contribution in [0.4, 0.5) is 42.0 Å². The number of alkyl halides is 3. The second kappa shape index (κ2) is 13.4. The fourth-order valence-electron chi connectivity index (χ4n) is 6.34. The SMILES string of the molecule is COc1cc(N2CCC(N3CC(N(C)C)C3)CC2)c(C(F)(F)F)cc1Nc1ncc(Br)c(Nc2ccc3nccnc3c2P(C)(C)=O)n1. The molecule has 2 saturated heterocycles. The lowest BCUT2D eigenvalue weighted by Gasteiger charge is -2.49. The first-order chi connectivity index (χ1) is 22.7. The van der Waals surface area contributed by atoms with Gasteiger partial charge in [-0.1, -0.05) is 0 Å². The van der Waals surface area contributed by atoms with Gasteiger partial charge in [0.1, 0.15) is 24.2 Å². The number of likely N-dealkylation sites (N-methyl/N-ethyl adjacent to an activating group) is 1. The summed E-state index contributed by atoms with van der Waals surface area (Å²) in [6.45, 7) is 6.31. The van der Waals surface area contributed by atoms with E-state index in [1.807, 2.05) is 0 Å². The van der Waals surface area contributed by atoms with Gasteiger partial charge in [0.2, 0.25) is 5.95 Å². The lowest BCUT2D eigenvalue weighted by atomic mass is 9.96. The number of rotatable bonds is 9. The van der Waals surface area contributed by atoms with E-state index in [1.165, 1.54) is 25.6 Å². The fraction of sp³-hybridized carbons (Fsp3) is 0.438. The molecular formula is C32H38BrF3N9O2P. The van der Waals surface area contributed by atoms with E-state index in [0.29, 0.717) is 57.5 Å². The normalized spacial score (nSPS) is 16.8. The van der Waals surface area contributed by atoms with Crippen LogP contribution in [0.25, 0.3) is 11.0 Å². The van der Waals surface area contributed by atoms with E-state index in [2.05, 4.69) is 70.4 Å². The number of hydrogen-bond acceptors (Lipinski definition) is 11. The van der Waals surface area contributed by atoms with Crippen LogP contribution in [-0.4, -0.2) is 103 Å². The number of aromatic nitrogens is 4. The van der Waals surface area contributed by atoms with Gasteiger partial charge in [0.15, 0.2) is 0 Å². The highest BCUT2D eigenvalue weighted by atomic mass is 79.9. The molecule has 256 valence electrons. The summed E-state index contributed by atoms with van der Waals surface area (Å²) in [5.74, 6) is 0.564. The summed E-state index contributed by atoms with van der Waals surface area (Å²) < 4.78 is 63.1. The first-order valence-corrected chi connectivity index (χ1v) is 18.9. The molecule has 0 bridgehead atoms. The van der Waals surface area contributed by atoms with Crippen LogP contribution in [0.2, 0.25) is 0 Å². The van der Waals surface area contributed by atoms with Gasteiger partial charge in [0.25, 0.3) is 0 Å². The van der Waals surface area contributed by atoms with Crippen molar-refractivity contribution in [1.82, 2.24) is 29.7 Å². The van der Waals surface area contributed by atoms with E-state index in [4.69, 9.17) is 4.74 Å². The van der Waals surface area contributed by atoms with Crippen LogP contribution in [-0.2, 0) is 10.7 Å². The van der Waals surface area contributed by atoms with Gasteiger partial charge in [-0.05, 0) is 74.4 Å². The number of hydrogen-bond donors (Lipinski definition) is 2. The summed E-state index contributed by atoms with van der Waals surface area (Å²) in [6.07, 6.45) is 1.55. The standard InChI is InChI=1S/C32H38BrF3N9O2P/c1-43(2)20-17-45(18-20)19-8-12-44(13-9-19)26-15-27(47-3)25(14-21(26)32(34,35)36)41-31-39-16-22(33)30(42-31)40-24-7-6-23-28(38-11-10-37-23)29(24)48(4,5)46/h6-7,10-11,14-16,19-20H,8-9,12-13,17-18H2,1-5H3,(H2,39,40,41,42). The van der Waals surface area contributed by atoms with Crippen LogP contribution >= 0.6 is 23.1 Å². The van der Waals surface area contributed by atoms with Gasteiger partial charge in [0.05, 0.1) is 45.0 Å². The summed E-state index contributed by atoms with van der Waals surface area (Å²) in [6, 6.07) is 6.91. The van der Waals surface area contributed by atoms with Gasteiger partial charge in [0, 0.05) is 62.9 Å². The number of halogens is 4. The van der Waals surface area contributed by atoms with Gasteiger partial charge in [-0.2, -0.15) is 18.2 Å². The first-order valence-electron chi connectivity index (χ1n) is 15.5. The van der Waals surface area contributed by atoms with Crippen molar-refractivity contribution < 1.29 is 22.5 Å². The van der Waals surface area contributed by atoms with Crippen molar-refractivity contribution in [3.8, 4) is 5.75 Å². The summed E-state index contributed by atoms with van der Waals surface area (Å²) in [5, 5.41) is 6.64. The maximum atomic E-state index is 14.6. The number of ether oxygens (including phenoxy) is 1. The lowest BCUT2D eigenvalue weighted by Crippen LogP contribution is -2.62. The van der Waals surface area contributed by atoms with E-state index in [1.54, 1.807) is 36.6 Å². The highest BCUT2D eigenvalue weighted by Gasteiger charge is 2.39. The molecule has 2 N–H and O–H groups in total. The maximum absolute atomic E-state index is 14.6. The molecule has 2 aromatic carbocycles. The minimum absolute atomic E-state index is 0.0320. The van der Waals surface area contributed by atoms with Crippen molar-refractivity contribution in [1.29, 1.82) is 0 Å². The molecule has 2 fully saturated rings. The zero-order valence-electron chi connectivity index (χ0n) is 27.3. The number of methoxy groups -OCH3 is 1. The lowest BCUT2D eigenvalue weighted by molar-refractivity contribution is -0.137. The Morgan fingerprint density at radius 1 is 1.02 bits per heavy atom.